The molecule has 78 valence electrons. The molecule has 0 atom stereocenters. The van der Waals surface area contributed by atoms with Gasteiger partial charge in [0.2, 0.25) is 0 Å². The van der Waals surface area contributed by atoms with Crippen LogP contribution in [0, 0.1) is 0 Å². The number of hydrogen-bond acceptors (Lipinski definition) is 1. The van der Waals surface area contributed by atoms with Crippen molar-refractivity contribution in [2.24, 2.45) is 0 Å². The molecule has 1 aliphatic rings. The lowest BCUT2D eigenvalue weighted by atomic mass is 9.99. The highest BCUT2D eigenvalue weighted by atomic mass is 28.4. The Bertz CT molecular complexity index is 132. The van der Waals surface area contributed by atoms with Gasteiger partial charge in [0.05, 0.1) is 0 Å². The molecule has 1 aliphatic carbocycles. The van der Waals surface area contributed by atoms with Gasteiger partial charge < -0.3 is 4.43 Å². The van der Waals surface area contributed by atoms with Crippen LogP contribution in [0.1, 0.15) is 44.9 Å². The molecule has 1 nitrogen and oxygen atoms in total. The average molecular weight is 200 g/mol. The summed E-state index contributed by atoms with van der Waals surface area (Å²) in [6.45, 7) is 6.89. The second kappa shape index (κ2) is 5.16. The van der Waals surface area contributed by atoms with Gasteiger partial charge in [0.25, 0.3) is 0 Å². The van der Waals surface area contributed by atoms with Gasteiger partial charge in [-0.1, -0.05) is 32.1 Å². The van der Waals surface area contributed by atoms with Gasteiger partial charge >= 0.3 is 0 Å². The minimum Gasteiger partial charge on any atom is -0.415 e. The molecule has 0 saturated heterocycles. The van der Waals surface area contributed by atoms with Crippen LogP contribution in [0.25, 0.3) is 0 Å². The van der Waals surface area contributed by atoms with Gasteiger partial charge in [-0.3, -0.25) is 0 Å². The van der Waals surface area contributed by atoms with Crippen molar-refractivity contribution in [3.05, 3.63) is 0 Å². The maximum absolute atomic E-state index is 6.15. The van der Waals surface area contributed by atoms with Crippen LogP contribution in [0.5, 0.6) is 0 Å². The molecule has 0 N–H and O–H groups in total. The minimum absolute atomic E-state index is 0.590. The summed E-state index contributed by atoms with van der Waals surface area (Å²) in [7, 11) is -1.28. The summed E-state index contributed by atoms with van der Waals surface area (Å²) >= 11 is 0. The minimum atomic E-state index is -1.28. The molecule has 0 aromatic rings. The third-order valence-corrected chi connectivity index (χ3v) is 3.61. The molecule has 1 fully saturated rings. The van der Waals surface area contributed by atoms with Crippen molar-refractivity contribution in [1.82, 2.24) is 0 Å². The Hall–Kier alpha value is 0.177. The normalized spacial score (nSPS) is 22.4. The van der Waals surface area contributed by atoms with Crippen LogP contribution < -0.4 is 0 Å². The standard InChI is InChI=1S/C11H24OSi/c1-13(2,3)12-11-9-7-5-4-6-8-10-11/h11H,4-10H2,1-3H3. The third kappa shape index (κ3) is 5.48. The monoisotopic (exact) mass is 200 g/mol. The SMILES string of the molecule is C[Si](C)(C)OC1CCCCCCC1. The maximum Gasteiger partial charge on any atom is 0.184 e. The summed E-state index contributed by atoms with van der Waals surface area (Å²) in [4.78, 5) is 0. The highest BCUT2D eigenvalue weighted by Crippen LogP contribution is 2.22. The van der Waals surface area contributed by atoms with Gasteiger partial charge in [-0.2, -0.15) is 0 Å². The van der Waals surface area contributed by atoms with Crippen molar-refractivity contribution >= 4 is 8.32 Å². The van der Waals surface area contributed by atoms with Crippen LogP contribution in [0.15, 0.2) is 0 Å². The first-order valence-electron chi connectivity index (χ1n) is 5.76. The Morgan fingerprint density at radius 3 is 1.77 bits per heavy atom. The smallest absolute Gasteiger partial charge is 0.184 e. The van der Waals surface area contributed by atoms with Crippen molar-refractivity contribution in [2.75, 3.05) is 0 Å². The van der Waals surface area contributed by atoms with Crippen LogP contribution in [0.3, 0.4) is 0 Å². The van der Waals surface area contributed by atoms with Crippen molar-refractivity contribution in [3.63, 3.8) is 0 Å². The summed E-state index contributed by atoms with van der Waals surface area (Å²) in [5, 5.41) is 0. The second-order valence-electron chi connectivity index (χ2n) is 5.20. The molecule has 1 rings (SSSR count). The van der Waals surface area contributed by atoms with Crippen LogP contribution in [-0.2, 0) is 4.43 Å². The van der Waals surface area contributed by atoms with Crippen LogP contribution >= 0.6 is 0 Å². The van der Waals surface area contributed by atoms with E-state index in [0.717, 1.165) is 0 Å². The van der Waals surface area contributed by atoms with Crippen molar-refractivity contribution in [2.45, 2.75) is 70.7 Å². The van der Waals surface area contributed by atoms with Crippen LogP contribution in [0.2, 0.25) is 19.6 Å². The lowest BCUT2D eigenvalue weighted by Gasteiger charge is -2.27. The Labute approximate surface area is 84.0 Å². The van der Waals surface area contributed by atoms with Gasteiger partial charge in [0.15, 0.2) is 8.32 Å². The Morgan fingerprint density at radius 2 is 1.31 bits per heavy atom. The van der Waals surface area contributed by atoms with E-state index in [-0.39, 0.29) is 0 Å². The van der Waals surface area contributed by atoms with Crippen molar-refractivity contribution in [3.8, 4) is 0 Å². The third-order valence-electron chi connectivity index (χ3n) is 2.57. The molecule has 2 heteroatoms. The fourth-order valence-corrected chi connectivity index (χ4v) is 3.27. The van der Waals surface area contributed by atoms with E-state index in [4.69, 9.17) is 4.43 Å². The molecule has 0 unspecified atom stereocenters. The van der Waals surface area contributed by atoms with Gasteiger partial charge in [0, 0.05) is 6.10 Å². The predicted molar refractivity (Wildman–Crippen MR) is 60.5 cm³/mol. The second-order valence-corrected chi connectivity index (χ2v) is 9.66. The zero-order valence-electron chi connectivity index (χ0n) is 9.44. The van der Waals surface area contributed by atoms with Gasteiger partial charge in [-0.15, -0.1) is 0 Å². The summed E-state index contributed by atoms with van der Waals surface area (Å²) in [6.07, 6.45) is 10.3. The first-order chi connectivity index (χ1) is 6.08. The van der Waals surface area contributed by atoms with Gasteiger partial charge in [0.1, 0.15) is 0 Å². The molecule has 0 bridgehead atoms. The van der Waals surface area contributed by atoms with E-state index < -0.39 is 8.32 Å². The molecule has 1 saturated carbocycles. The Balaban J connectivity index is 2.29. The average Bonchev–Trinajstić information content (AvgIpc) is 1.92. The van der Waals surface area contributed by atoms with E-state index in [1.165, 1.54) is 44.9 Å². The summed E-state index contributed by atoms with van der Waals surface area (Å²) in [5.74, 6) is 0. The van der Waals surface area contributed by atoms with Gasteiger partial charge in [-0.05, 0) is 32.5 Å². The fraction of sp³-hybridized carbons (Fsp3) is 1.00. The van der Waals surface area contributed by atoms with E-state index >= 15 is 0 Å². The zero-order valence-corrected chi connectivity index (χ0v) is 10.4. The van der Waals surface area contributed by atoms with E-state index in [1.807, 2.05) is 0 Å². The first kappa shape index (κ1) is 11.3. The lowest BCUT2D eigenvalue weighted by molar-refractivity contribution is 0.159. The highest BCUT2D eigenvalue weighted by Gasteiger charge is 2.21. The van der Waals surface area contributed by atoms with Crippen LogP contribution in [0.4, 0.5) is 0 Å². The van der Waals surface area contributed by atoms with E-state index in [2.05, 4.69) is 19.6 Å². The van der Waals surface area contributed by atoms with E-state index in [9.17, 15) is 0 Å². The molecule has 13 heavy (non-hydrogen) atoms. The van der Waals surface area contributed by atoms with Crippen molar-refractivity contribution in [1.29, 1.82) is 0 Å². The molecule has 0 aliphatic heterocycles. The highest BCUT2D eigenvalue weighted by molar-refractivity contribution is 6.69. The molecular formula is C11H24OSi. The maximum atomic E-state index is 6.15. The molecule has 0 radical (unpaired) electrons. The molecule has 0 heterocycles. The van der Waals surface area contributed by atoms with E-state index in [0.29, 0.717) is 6.10 Å². The Morgan fingerprint density at radius 1 is 0.846 bits per heavy atom. The molecule has 0 spiro atoms. The lowest BCUT2D eigenvalue weighted by Crippen LogP contribution is -2.32. The quantitative estimate of drug-likeness (QED) is 0.613. The molecule has 0 amide bonds. The van der Waals surface area contributed by atoms with Crippen molar-refractivity contribution < 1.29 is 4.43 Å². The molecular weight excluding hydrogens is 176 g/mol. The fourth-order valence-electron chi connectivity index (χ4n) is 2.04. The zero-order chi connectivity index (χ0) is 9.73. The summed E-state index contributed by atoms with van der Waals surface area (Å²) < 4.78 is 6.15. The first-order valence-corrected chi connectivity index (χ1v) is 9.16. The predicted octanol–water partition coefficient (Wildman–Crippen LogP) is 3.95. The van der Waals surface area contributed by atoms with Gasteiger partial charge in [-0.25, -0.2) is 0 Å². The molecule has 0 aromatic heterocycles. The topological polar surface area (TPSA) is 9.23 Å². The molecule has 0 aromatic carbocycles. The van der Waals surface area contributed by atoms with E-state index in [1.54, 1.807) is 0 Å². The summed E-state index contributed by atoms with van der Waals surface area (Å²) in [5.41, 5.74) is 0. The largest absolute Gasteiger partial charge is 0.415 e. The summed E-state index contributed by atoms with van der Waals surface area (Å²) in [6, 6.07) is 0. The van der Waals surface area contributed by atoms with Crippen LogP contribution in [-0.4, -0.2) is 14.4 Å². The number of hydrogen-bond donors (Lipinski definition) is 0. The number of rotatable bonds is 2. The Kier molecular flexibility index (Phi) is 4.46.